The van der Waals surface area contributed by atoms with Crippen molar-refractivity contribution in [3.63, 3.8) is 0 Å². The molecule has 2 saturated heterocycles. The lowest BCUT2D eigenvalue weighted by Gasteiger charge is -2.43. The van der Waals surface area contributed by atoms with Crippen LogP contribution >= 0.6 is 15.9 Å². The largest absolute Gasteiger partial charge is 0.382 e. The molecule has 1 atom stereocenters. The average molecular weight is 344 g/mol. The quantitative estimate of drug-likeness (QED) is 0.887. The van der Waals surface area contributed by atoms with Gasteiger partial charge in [0, 0.05) is 31.5 Å². The van der Waals surface area contributed by atoms with Gasteiger partial charge in [-0.1, -0.05) is 0 Å². The van der Waals surface area contributed by atoms with Gasteiger partial charge in [0.05, 0.1) is 10.1 Å². The fourth-order valence-electron chi connectivity index (χ4n) is 3.06. The summed E-state index contributed by atoms with van der Waals surface area (Å²) in [6.07, 6.45) is 3.84. The molecule has 5 heteroatoms. The summed E-state index contributed by atoms with van der Waals surface area (Å²) >= 11 is 3.18. The molecule has 3 rings (SSSR count). The maximum absolute atomic E-state index is 13.6. The van der Waals surface area contributed by atoms with Crippen LogP contribution in [0.15, 0.2) is 22.7 Å². The van der Waals surface area contributed by atoms with E-state index in [2.05, 4.69) is 21.2 Å². The monoisotopic (exact) mass is 343 g/mol. The lowest BCUT2D eigenvalue weighted by molar-refractivity contribution is -0.135. The van der Waals surface area contributed by atoms with Gasteiger partial charge >= 0.3 is 0 Å². The van der Waals surface area contributed by atoms with Crippen molar-refractivity contribution in [1.82, 2.24) is 0 Å². The van der Waals surface area contributed by atoms with Crippen LogP contribution in [-0.4, -0.2) is 31.5 Å². The summed E-state index contributed by atoms with van der Waals surface area (Å²) in [5, 5.41) is 3.44. The normalized spacial score (nSPS) is 25.6. The zero-order valence-corrected chi connectivity index (χ0v) is 12.9. The molecule has 1 spiro atoms. The van der Waals surface area contributed by atoms with Gasteiger partial charge in [-0.25, -0.2) is 4.39 Å². The maximum Gasteiger partial charge on any atom is 0.139 e. The van der Waals surface area contributed by atoms with E-state index in [4.69, 9.17) is 9.47 Å². The Morgan fingerprint density at radius 3 is 2.80 bits per heavy atom. The molecule has 1 aromatic rings. The van der Waals surface area contributed by atoms with Crippen LogP contribution in [0.3, 0.4) is 0 Å². The first-order valence-electron chi connectivity index (χ1n) is 7.10. The van der Waals surface area contributed by atoms with Crippen LogP contribution in [0.5, 0.6) is 0 Å². The summed E-state index contributed by atoms with van der Waals surface area (Å²) in [6.45, 7) is 2.32. The molecule has 2 aliphatic rings. The molecule has 2 aliphatic heterocycles. The van der Waals surface area contributed by atoms with Crippen LogP contribution in [-0.2, 0) is 9.47 Å². The average Bonchev–Trinajstić information content (AvgIpc) is 2.44. The third-order valence-corrected chi connectivity index (χ3v) is 4.83. The highest BCUT2D eigenvalue weighted by atomic mass is 79.9. The van der Waals surface area contributed by atoms with Crippen LogP contribution in [0.2, 0.25) is 0 Å². The lowest BCUT2D eigenvalue weighted by atomic mass is 9.84. The lowest BCUT2D eigenvalue weighted by Crippen LogP contribution is -2.47. The Labute approximate surface area is 127 Å². The van der Waals surface area contributed by atoms with Gasteiger partial charge in [0.15, 0.2) is 0 Å². The Hall–Kier alpha value is -0.650. The first-order valence-corrected chi connectivity index (χ1v) is 7.89. The number of ether oxygens (including phenoxy) is 2. The molecule has 20 heavy (non-hydrogen) atoms. The van der Waals surface area contributed by atoms with Gasteiger partial charge in [-0.3, -0.25) is 0 Å². The molecule has 2 fully saturated rings. The zero-order valence-electron chi connectivity index (χ0n) is 11.3. The van der Waals surface area contributed by atoms with Crippen LogP contribution in [0.25, 0.3) is 0 Å². The van der Waals surface area contributed by atoms with Gasteiger partial charge in [0.1, 0.15) is 5.82 Å². The molecule has 2 heterocycles. The maximum atomic E-state index is 13.6. The predicted molar refractivity (Wildman–Crippen MR) is 79.5 cm³/mol. The first kappa shape index (κ1) is 14.3. The second-order valence-electron chi connectivity index (χ2n) is 5.61. The molecular weight excluding hydrogens is 325 g/mol. The van der Waals surface area contributed by atoms with E-state index in [0.717, 1.165) is 51.2 Å². The van der Waals surface area contributed by atoms with Crippen LogP contribution < -0.4 is 5.32 Å². The van der Waals surface area contributed by atoms with Crippen molar-refractivity contribution in [3.05, 3.63) is 28.5 Å². The van der Waals surface area contributed by atoms with Crippen LogP contribution in [0, 0.1) is 5.82 Å². The van der Waals surface area contributed by atoms with Crippen LogP contribution in [0.1, 0.15) is 25.7 Å². The van der Waals surface area contributed by atoms with Crippen molar-refractivity contribution in [2.45, 2.75) is 37.3 Å². The zero-order chi connectivity index (χ0) is 14.0. The van der Waals surface area contributed by atoms with Gasteiger partial charge in [-0.2, -0.15) is 0 Å². The van der Waals surface area contributed by atoms with E-state index < -0.39 is 0 Å². The number of rotatable bonds is 2. The van der Waals surface area contributed by atoms with Gasteiger partial charge in [0.2, 0.25) is 0 Å². The van der Waals surface area contributed by atoms with Crippen molar-refractivity contribution in [3.8, 4) is 0 Å². The minimum atomic E-state index is -0.233. The second kappa shape index (κ2) is 6.00. The van der Waals surface area contributed by atoms with Crippen molar-refractivity contribution >= 4 is 21.6 Å². The highest BCUT2D eigenvalue weighted by Gasteiger charge is 2.38. The number of nitrogens with one attached hydrogen (secondary N) is 1. The Bertz CT molecular complexity index is 471. The highest BCUT2D eigenvalue weighted by molar-refractivity contribution is 9.10. The Kier molecular flexibility index (Phi) is 4.29. The number of hydrogen-bond donors (Lipinski definition) is 1. The van der Waals surface area contributed by atoms with Crippen molar-refractivity contribution in [2.24, 2.45) is 0 Å². The summed E-state index contributed by atoms with van der Waals surface area (Å²) in [6, 6.07) is 5.51. The highest BCUT2D eigenvalue weighted by Crippen LogP contribution is 2.35. The van der Waals surface area contributed by atoms with Crippen molar-refractivity contribution in [1.29, 1.82) is 0 Å². The fourth-order valence-corrected chi connectivity index (χ4v) is 3.31. The SMILES string of the molecule is Fc1cc(NC2CCOC3(CCOCC3)C2)ccc1Br. The smallest absolute Gasteiger partial charge is 0.139 e. The Morgan fingerprint density at radius 1 is 1.25 bits per heavy atom. The van der Waals surface area contributed by atoms with E-state index >= 15 is 0 Å². The number of halogens is 2. The standard InChI is InChI=1S/C15H19BrFNO2/c16-13-2-1-11(9-14(13)17)18-12-3-6-20-15(10-12)4-7-19-8-5-15/h1-2,9,12,18H,3-8,10H2. The van der Waals surface area contributed by atoms with E-state index in [1.807, 2.05) is 6.07 Å². The molecule has 1 N–H and O–H groups in total. The summed E-state index contributed by atoms with van der Waals surface area (Å²) in [5.74, 6) is -0.233. The topological polar surface area (TPSA) is 30.5 Å². The van der Waals surface area contributed by atoms with E-state index in [9.17, 15) is 4.39 Å². The molecule has 1 aromatic carbocycles. The molecule has 0 saturated carbocycles. The molecular formula is C15H19BrFNO2. The minimum Gasteiger partial charge on any atom is -0.382 e. The van der Waals surface area contributed by atoms with E-state index in [0.29, 0.717) is 10.5 Å². The summed E-state index contributed by atoms with van der Waals surface area (Å²) < 4.78 is 25.5. The van der Waals surface area contributed by atoms with Gasteiger partial charge < -0.3 is 14.8 Å². The second-order valence-corrected chi connectivity index (χ2v) is 6.46. The number of anilines is 1. The first-order chi connectivity index (χ1) is 9.67. The summed E-state index contributed by atoms with van der Waals surface area (Å²) in [5.41, 5.74) is 0.794. The van der Waals surface area contributed by atoms with Crippen molar-refractivity contribution in [2.75, 3.05) is 25.1 Å². The minimum absolute atomic E-state index is 0.0396. The molecule has 0 aliphatic carbocycles. The summed E-state index contributed by atoms with van der Waals surface area (Å²) in [4.78, 5) is 0. The predicted octanol–water partition coefficient (Wildman–Crippen LogP) is 3.73. The molecule has 0 bridgehead atoms. The number of hydrogen-bond acceptors (Lipinski definition) is 3. The van der Waals surface area contributed by atoms with E-state index in [1.54, 1.807) is 6.07 Å². The molecule has 1 unspecified atom stereocenters. The fraction of sp³-hybridized carbons (Fsp3) is 0.600. The Balaban J connectivity index is 1.66. The molecule has 110 valence electrons. The number of benzene rings is 1. The van der Waals surface area contributed by atoms with Crippen LogP contribution in [0.4, 0.5) is 10.1 Å². The third-order valence-electron chi connectivity index (χ3n) is 4.19. The molecule has 0 radical (unpaired) electrons. The van der Waals surface area contributed by atoms with E-state index in [-0.39, 0.29) is 11.4 Å². The molecule has 0 amide bonds. The molecule has 0 aromatic heterocycles. The third kappa shape index (κ3) is 3.15. The van der Waals surface area contributed by atoms with E-state index in [1.165, 1.54) is 6.07 Å². The Morgan fingerprint density at radius 2 is 2.05 bits per heavy atom. The van der Waals surface area contributed by atoms with Crippen molar-refractivity contribution < 1.29 is 13.9 Å². The van der Waals surface area contributed by atoms with Gasteiger partial charge in [0.25, 0.3) is 0 Å². The summed E-state index contributed by atoms with van der Waals surface area (Å²) in [7, 11) is 0. The molecule has 3 nitrogen and oxygen atoms in total. The van der Waals surface area contributed by atoms with Gasteiger partial charge in [-0.15, -0.1) is 0 Å². The van der Waals surface area contributed by atoms with Gasteiger partial charge in [-0.05, 0) is 59.8 Å².